The lowest BCUT2D eigenvalue weighted by Crippen LogP contribution is -2.47. The largest absolute Gasteiger partial charge is 0.457 e. The molecule has 4 aliphatic rings. The summed E-state index contributed by atoms with van der Waals surface area (Å²) in [5, 5.41) is 10.3. The van der Waals surface area contributed by atoms with Crippen molar-refractivity contribution in [2.24, 2.45) is 0 Å². The second-order valence-corrected chi connectivity index (χ2v) is 6.45. The van der Waals surface area contributed by atoms with E-state index in [1.807, 2.05) is 0 Å². The van der Waals surface area contributed by atoms with Gasteiger partial charge in [0.15, 0.2) is 11.4 Å². The summed E-state index contributed by atoms with van der Waals surface area (Å²) in [6.45, 7) is 0. The Balaban J connectivity index is 1.58. The molecule has 19 heavy (non-hydrogen) atoms. The lowest BCUT2D eigenvalue weighted by molar-refractivity contribution is -0.195. The van der Waals surface area contributed by atoms with Gasteiger partial charge in [-0.2, -0.15) is 0 Å². The van der Waals surface area contributed by atoms with E-state index in [2.05, 4.69) is 0 Å². The van der Waals surface area contributed by atoms with E-state index in [0.717, 1.165) is 25.7 Å². The molecule has 2 aliphatic carbocycles. The van der Waals surface area contributed by atoms with Crippen molar-refractivity contribution < 1.29 is 24.1 Å². The molecule has 1 spiro atoms. The van der Waals surface area contributed by atoms with E-state index in [1.165, 1.54) is 12.8 Å². The maximum atomic E-state index is 11.6. The predicted octanol–water partition coefficient (Wildman–Crippen LogP) is 1.27. The molecule has 0 amide bonds. The van der Waals surface area contributed by atoms with Crippen molar-refractivity contribution in [1.82, 2.24) is 0 Å². The molecule has 0 aromatic heterocycles. The first-order chi connectivity index (χ1) is 9.10. The number of fused-ring (bicyclic) bond motifs is 4. The molecule has 106 valence electrons. The van der Waals surface area contributed by atoms with Crippen LogP contribution in [0.3, 0.4) is 0 Å². The highest BCUT2D eigenvalue weighted by Crippen LogP contribution is 2.49. The van der Waals surface area contributed by atoms with Gasteiger partial charge in [0.1, 0.15) is 12.2 Å². The topological polar surface area (TPSA) is 65.0 Å². The molecular formula is C14H20O5. The Bertz CT molecular complexity index is 401. The highest BCUT2D eigenvalue weighted by atomic mass is 16.8. The minimum absolute atomic E-state index is 0.190. The number of ether oxygens (including phenoxy) is 3. The van der Waals surface area contributed by atoms with E-state index in [1.54, 1.807) is 0 Å². The van der Waals surface area contributed by atoms with Gasteiger partial charge in [-0.05, 0) is 12.8 Å². The number of hydrogen-bond acceptors (Lipinski definition) is 5. The minimum atomic E-state index is -1.34. The van der Waals surface area contributed by atoms with Crippen molar-refractivity contribution in [2.45, 2.75) is 81.1 Å². The van der Waals surface area contributed by atoms with Crippen LogP contribution in [0.15, 0.2) is 0 Å². The van der Waals surface area contributed by atoms with Crippen LogP contribution in [0.5, 0.6) is 0 Å². The van der Waals surface area contributed by atoms with Crippen molar-refractivity contribution in [3.63, 3.8) is 0 Å². The monoisotopic (exact) mass is 268 g/mol. The van der Waals surface area contributed by atoms with Gasteiger partial charge in [-0.15, -0.1) is 0 Å². The number of rotatable bonds is 0. The lowest BCUT2D eigenvalue weighted by Gasteiger charge is -2.29. The van der Waals surface area contributed by atoms with E-state index in [-0.39, 0.29) is 18.3 Å². The van der Waals surface area contributed by atoms with Gasteiger partial charge >= 0.3 is 5.97 Å². The average Bonchev–Trinajstić information content (AvgIpc) is 2.71. The Morgan fingerprint density at radius 1 is 1.00 bits per heavy atom. The Hall–Kier alpha value is -0.650. The highest BCUT2D eigenvalue weighted by molar-refractivity contribution is 5.82. The Morgan fingerprint density at radius 2 is 1.68 bits per heavy atom. The summed E-state index contributed by atoms with van der Waals surface area (Å²) in [4.78, 5) is 11.6. The number of carbonyl (C=O) groups excluding carboxylic acids is 1. The molecule has 5 nitrogen and oxygen atoms in total. The van der Waals surface area contributed by atoms with Crippen LogP contribution in [0.1, 0.15) is 51.4 Å². The maximum Gasteiger partial charge on any atom is 0.338 e. The van der Waals surface area contributed by atoms with Crippen molar-refractivity contribution in [3.05, 3.63) is 0 Å². The summed E-state index contributed by atoms with van der Waals surface area (Å²) in [7, 11) is 0. The third kappa shape index (κ3) is 1.75. The third-order valence-electron chi connectivity index (χ3n) is 5.03. The van der Waals surface area contributed by atoms with Crippen LogP contribution < -0.4 is 0 Å². The smallest absolute Gasteiger partial charge is 0.338 e. The van der Waals surface area contributed by atoms with Crippen LogP contribution in [0.25, 0.3) is 0 Å². The molecule has 4 atom stereocenters. The first kappa shape index (κ1) is 12.1. The molecule has 2 saturated heterocycles. The molecule has 4 unspecified atom stereocenters. The molecule has 4 rings (SSSR count). The Kier molecular flexibility index (Phi) is 2.51. The van der Waals surface area contributed by atoms with Crippen molar-refractivity contribution in [1.29, 1.82) is 0 Å². The normalized spacial score (nSPS) is 47.8. The molecule has 4 fully saturated rings. The summed E-state index contributed by atoms with van der Waals surface area (Å²) < 4.78 is 17.6. The van der Waals surface area contributed by atoms with Gasteiger partial charge in [0, 0.05) is 25.7 Å². The number of aliphatic hydroxyl groups is 1. The van der Waals surface area contributed by atoms with Crippen molar-refractivity contribution >= 4 is 5.97 Å². The molecule has 2 aliphatic heterocycles. The fraction of sp³-hybridized carbons (Fsp3) is 0.929. The first-order valence-electron chi connectivity index (χ1n) is 7.39. The van der Waals surface area contributed by atoms with Crippen molar-refractivity contribution in [2.75, 3.05) is 0 Å². The fourth-order valence-electron chi connectivity index (χ4n) is 4.06. The molecule has 0 aromatic carbocycles. The molecule has 0 radical (unpaired) electrons. The molecular weight excluding hydrogens is 248 g/mol. The van der Waals surface area contributed by atoms with E-state index in [0.29, 0.717) is 12.8 Å². The summed E-state index contributed by atoms with van der Waals surface area (Å²) in [5.74, 6) is -0.993. The van der Waals surface area contributed by atoms with Crippen LogP contribution in [-0.4, -0.2) is 40.8 Å². The highest BCUT2D eigenvalue weighted by Gasteiger charge is 2.63. The molecule has 2 bridgehead atoms. The quantitative estimate of drug-likeness (QED) is 0.670. The van der Waals surface area contributed by atoms with Gasteiger partial charge in [0.25, 0.3) is 0 Å². The van der Waals surface area contributed by atoms with Crippen LogP contribution >= 0.6 is 0 Å². The molecule has 2 heterocycles. The van der Waals surface area contributed by atoms with Gasteiger partial charge in [-0.1, -0.05) is 12.8 Å². The van der Waals surface area contributed by atoms with Gasteiger partial charge in [-0.3, -0.25) is 0 Å². The zero-order valence-electron chi connectivity index (χ0n) is 11.0. The standard InChI is InChI=1S/C14H20O5/c15-12-13(16)7-9(17-12)11-10(8-13)18-14(19-11)5-3-1-2-4-6-14/h9-11,16H,1-8H2. The average molecular weight is 268 g/mol. The molecule has 5 heteroatoms. The van der Waals surface area contributed by atoms with Crippen LogP contribution in [0.2, 0.25) is 0 Å². The van der Waals surface area contributed by atoms with E-state index >= 15 is 0 Å². The second kappa shape index (κ2) is 3.93. The Morgan fingerprint density at radius 3 is 2.42 bits per heavy atom. The predicted molar refractivity (Wildman–Crippen MR) is 64.2 cm³/mol. The Labute approximate surface area is 112 Å². The van der Waals surface area contributed by atoms with Gasteiger partial charge < -0.3 is 19.3 Å². The van der Waals surface area contributed by atoms with E-state index in [9.17, 15) is 9.90 Å². The second-order valence-electron chi connectivity index (χ2n) is 6.45. The lowest BCUT2D eigenvalue weighted by atomic mass is 9.82. The van der Waals surface area contributed by atoms with Gasteiger partial charge in [-0.25, -0.2) is 4.79 Å². The fourth-order valence-corrected chi connectivity index (χ4v) is 4.06. The number of esters is 1. The third-order valence-corrected chi connectivity index (χ3v) is 5.03. The minimum Gasteiger partial charge on any atom is -0.457 e. The first-order valence-corrected chi connectivity index (χ1v) is 7.39. The van der Waals surface area contributed by atoms with E-state index < -0.39 is 17.4 Å². The van der Waals surface area contributed by atoms with Crippen LogP contribution in [0.4, 0.5) is 0 Å². The maximum absolute atomic E-state index is 11.6. The van der Waals surface area contributed by atoms with Crippen LogP contribution in [-0.2, 0) is 19.0 Å². The summed E-state index contributed by atoms with van der Waals surface area (Å²) >= 11 is 0. The van der Waals surface area contributed by atoms with Crippen molar-refractivity contribution in [3.8, 4) is 0 Å². The summed E-state index contributed by atoms with van der Waals surface area (Å²) in [6.07, 6.45) is 6.47. The van der Waals surface area contributed by atoms with Gasteiger partial charge in [0.2, 0.25) is 0 Å². The number of hydrogen-bond donors (Lipinski definition) is 1. The molecule has 0 aromatic rings. The summed E-state index contributed by atoms with van der Waals surface area (Å²) in [5.41, 5.74) is -1.34. The molecule has 1 N–H and O–H groups in total. The molecule has 2 saturated carbocycles. The van der Waals surface area contributed by atoms with Crippen LogP contribution in [0, 0.1) is 0 Å². The van der Waals surface area contributed by atoms with E-state index in [4.69, 9.17) is 14.2 Å². The SMILES string of the molecule is O=C1OC2CC1(O)CC1OC3(CCCCCC3)OC21. The van der Waals surface area contributed by atoms with Gasteiger partial charge in [0.05, 0.1) is 6.10 Å². The number of carbonyl (C=O) groups is 1. The zero-order chi connectivity index (χ0) is 13.1. The zero-order valence-corrected chi connectivity index (χ0v) is 11.0. The summed E-state index contributed by atoms with van der Waals surface area (Å²) in [6, 6.07) is 0.